The van der Waals surface area contributed by atoms with E-state index in [0.717, 1.165) is 12.7 Å². The van der Waals surface area contributed by atoms with E-state index in [2.05, 4.69) is 10.0 Å². The highest BCUT2D eigenvalue weighted by Gasteiger charge is 2.19. The molecule has 7 heteroatoms. The van der Waals surface area contributed by atoms with Gasteiger partial charge in [0.05, 0.1) is 19.4 Å². The van der Waals surface area contributed by atoms with Crippen LogP contribution in [0.5, 0.6) is 5.75 Å². The van der Waals surface area contributed by atoms with Crippen molar-refractivity contribution in [2.75, 3.05) is 19.9 Å². The Morgan fingerprint density at radius 2 is 1.90 bits per heavy atom. The highest BCUT2D eigenvalue weighted by molar-refractivity contribution is 7.88. The van der Waals surface area contributed by atoms with Gasteiger partial charge in [0, 0.05) is 13.0 Å². The molecule has 118 valence electrons. The van der Waals surface area contributed by atoms with E-state index >= 15 is 0 Å². The van der Waals surface area contributed by atoms with Crippen LogP contribution >= 0.6 is 0 Å². The molecular weight excluding hydrogens is 292 g/mol. The van der Waals surface area contributed by atoms with Crippen molar-refractivity contribution in [2.24, 2.45) is 0 Å². The molecule has 0 aromatic heterocycles. The first-order valence-corrected chi connectivity index (χ1v) is 8.62. The Hall–Kier alpha value is -1.60. The minimum atomic E-state index is -3.41. The van der Waals surface area contributed by atoms with Crippen molar-refractivity contribution in [1.82, 2.24) is 10.0 Å². The first-order valence-electron chi connectivity index (χ1n) is 6.73. The van der Waals surface area contributed by atoms with Crippen LogP contribution in [0.2, 0.25) is 0 Å². The number of sulfonamides is 1. The first kappa shape index (κ1) is 17.5. The molecule has 0 spiro atoms. The second kappa shape index (κ2) is 7.99. The molecule has 0 saturated carbocycles. The van der Waals surface area contributed by atoms with Crippen LogP contribution in [-0.4, -0.2) is 34.2 Å². The van der Waals surface area contributed by atoms with Gasteiger partial charge in [0.2, 0.25) is 15.9 Å². The van der Waals surface area contributed by atoms with Gasteiger partial charge in [0.15, 0.2) is 0 Å². The van der Waals surface area contributed by atoms with Gasteiger partial charge in [-0.25, -0.2) is 13.1 Å². The number of rotatable bonds is 8. The SMILES string of the molecule is CCCNC(=O)CC(NS(C)(=O)=O)c1ccc(OC)cc1. The molecule has 0 radical (unpaired) electrons. The Morgan fingerprint density at radius 1 is 1.29 bits per heavy atom. The minimum absolute atomic E-state index is 0.0550. The molecule has 1 unspecified atom stereocenters. The third-order valence-corrected chi connectivity index (χ3v) is 3.55. The Kier molecular flexibility index (Phi) is 6.64. The molecule has 0 heterocycles. The van der Waals surface area contributed by atoms with E-state index in [-0.39, 0.29) is 12.3 Å². The third-order valence-electron chi connectivity index (χ3n) is 2.84. The van der Waals surface area contributed by atoms with Crippen LogP contribution < -0.4 is 14.8 Å². The van der Waals surface area contributed by atoms with Crippen molar-refractivity contribution in [1.29, 1.82) is 0 Å². The van der Waals surface area contributed by atoms with Crippen molar-refractivity contribution < 1.29 is 17.9 Å². The third kappa shape index (κ3) is 6.59. The van der Waals surface area contributed by atoms with Crippen molar-refractivity contribution in [3.63, 3.8) is 0 Å². The predicted molar refractivity (Wildman–Crippen MR) is 81.6 cm³/mol. The zero-order valence-electron chi connectivity index (χ0n) is 12.5. The lowest BCUT2D eigenvalue weighted by Crippen LogP contribution is -2.33. The summed E-state index contributed by atoms with van der Waals surface area (Å²) in [5.74, 6) is 0.487. The first-order chi connectivity index (χ1) is 9.85. The van der Waals surface area contributed by atoms with Gasteiger partial charge in [-0.1, -0.05) is 19.1 Å². The lowest BCUT2D eigenvalue weighted by molar-refractivity contribution is -0.121. The number of carbonyl (C=O) groups is 1. The zero-order valence-corrected chi connectivity index (χ0v) is 13.4. The molecule has 21 heavy (non-hydrogen) atoms. The maximum absolute atomic E-state index is 11.8. The molecule has 0 saturated heterocycles. The van der Waals surface area contributed by atoms with Crippen LogP contribution in [0.25, 0.3) is 0 Å². The summed E-state index contributed by atoms with van der Waals surface area (Å²) in [6.45, 7) is 2.53. The van der Waals surface area contributed by atoms with Gasteiger partial charge < -0.3 is 10.1 Å². The predicted octanol–water partition coefficient (Wildman–Crippen LogP) is 1.20. The molecule has 0 fully saturated rings. The number of hydrogen-bond acceptors (Lipinski definition) is 4. The van der Waals surface area contributed by atoms with E-state index in [1.165, 1.54) is 0 Å². The maximum atomic E-state index is 11.8. The van der Waals surface area contributed by atoms with Crippen LogP contribution in [0.1, 0.15) is 31.4 Å². The quantitative estimate of drug-likeness (QED) is 0.755. The van der Waals surface area contributed by atoms with Crippen LogP contribution in [0.3, 0.4) is 0 Å². The number of ether oxygens (including phenoxy) is 1. The van der Waals surface area contributed by atoms with Crippen molar-refractivity contribution in [3.8, 4) is 5.75 Å². The molecule has 0 aliphatic heterocycles. The van der Waals surface area contributed by atoms with Crippen molar-refractivity contribution in [2.45, 2.75) is 25.8 Å². The molecule has 1 aromatic rings. The molecule has 0 aliphatic rings. The Morgan fingerprint density at radius 3 is 2.38 bits per heavy atom. The molecule has 1 aromatic carbocycles. The average molecular weight is 314 g/mol. The second-order valence-electron chi connectivity index (χ2n) is 4.77. The minimum Gasteiger partial charge on any atom is -0.497 e. The fraction of sp³-hybridized carbons (Fsp3) is 0.500. The van der Waals surface area contributed by atoms with Gasteiger partial charge in [0.25, 0.3) is 0 Å². The highest BCUT2D eigenvalue weighted by Crippen LogP contribution is 2.21. The summed E-state index contributed by atoms with van der Waals surface area (Å²) in [7, 11) is -1.86. The summed E-state index contributed by atoms with van der Waals surface area (Å²) in [6.07, 6.45) is 1.96. The van der Waals surface area contributed by atoms with E-state index in [4.69, 9.17) is 4.74 Å². The Bertz CT molecular complexity index is 555. The smallest absolute Gasteiger partial charge is 0.221 e. The van der Waals surface area contributed by atoms with Gasteiger partial charge in [-0.05, 0) is 24.1 Å². The number of carbonyl (C=O) groups excluding carboxylic acids is 1. The number of amides is 1. The van der Waals surface area contributed by atoms with E-state index in [0.29, 0.717) is 17.9 Å². The van der Waals surface area contributed by atoms with Gasteiger partial charge >= 0.3 is 0 Å². The van der Waals surface area contributed by atoms with Crippen molar-refractivity contribution >= 4 is 15.9 Å². The summed E-state index contributed by atoms with van der Waals surface area (Å²) in [6, 6.07) is 6.36. The Balaban J connectivity index is 2.87. The average Bonchev–Trinajstić information content (AvgIpc) is 2.43. The lowest BCUT2D eigenvalue weighted by atomic mass is 10.0. The van der Waals surface area contributed by atoms with E-state index < -0.39 is 16.1 Å². The number of benzene rings is 1. The standard InChI is InChI=1S/C14H22N2O4S/c1-4-9-15-14(17)10-13(16-21(3,18)19)11-5-7-12(20-2)8-6-11/h5-8,13,16H,4,9-10H2,1-3H3,(H,15,17). The van der Waals surface area contributed by atoms with E-state index in [1.54, 1.807) is 31.4 Å². The highest BCUT2D eigenvalue weighted by atomic mass is 32.2. The second-order valence-corrected chi connectivity index (χ2v) is 6.55. The van der Waals surface area contributed by atoms with E-state index in [1.807, 2.05) is 6.92 Å². The summed E-state index contributed by atoms with van der Waals surface area (Å²) in [5.41, 5.74) is 0.716. The number of methoxy groups -OCH3 is 1. The molecule has 1 atom stereocenters. The summed E-state index contributed by atoms with van der Waals surface area (Å²) in [4.78, 5) is 11.8. The fourth-order valence-corrected chi connectivity index (χ4v) is 2.58. The van der Waals surface area contributed by atoms with Crippen LogP contribution in [0, 0.1) is 0 Å². The molecule has 0 aliphatic carbocycles. The van der Waals surface area contributed by atoms with E-state index in [9.17, 15) is 13.2 Å². The maximum Gasteiger partial charge on any atom is 0.221 e. The summed E-state index contributed by atoms with van der Waals surface area (Å²) in [5, 5.41) is 2.74. The van der Waals surface area contributed by atoms with Crippen LogP contribution in [0.15, 0.2) is 24.3 Å². The molecule has 1 amide bonds. The van der Waals surface area contributed by atoms with Gasteiger partial charge in [-0.3, -0.25) is 4.79 Å². The van der Waals surface area contributed by atoms with Crippen LogP contribution in [-0.2, 0) is 14.8 Å². The Labute approximate surface area is 125 Å². The normalized spacial score (nSPS) is 12.7. The molecule has 1 rings (SSSR count). The zero-order chi connectivity index (χ0) is 15.9. The van der Waals surface area contributed by atoms with Gasteiger partial charge in [-0.15, -0.1) is 0 Å². The summed E-state index contributed by atoms with van der Waals surface area (Å²) >= 11 is 0. The largest absolute Gasteiger partial charge is 0.497 e. The molecular formula is C14H22N2O4S. The molecule has 6 nitrogen and oxygen atoms in total. The molecule has 2 N–H and O–H groups in total. The summed E-state index contributed by atoms with van der Waals surface area (Å²) < 4.78 is 30.5. The number of hydrogen-bond donors (Lipinski definition) is 2. The lowest BCUT2D eigenvalue weighted by Gasteiger charge is -2.18. The fourth-order valence-electron chi connectivity index (χ4n) is 1.84. The monoisotopic (exact) mass is 314 g/mol. The topological polar surface area (TPSA) is 84.5 Å². The van der Waals surface area contributed by atoms with Crippen molar-refractivity contribution in [3.05, 3.63) is 29.8 Å². The van der Waals surface area contributed by atoms with Gasteiger partial charge in [-0.2, -0.15) is 0 Å². The molecule has 0 bridgehead atoms. The number of nitrogens with one attached hydrogen (secondary N) is 2. The van der Waals surface area contributed by atoms with Gasteiger partial charge in [0.1, 0.15) is 5.75 Å². The van der Waals surface area contributed by atoms with Crippen LogP contribution in [0.4, 0.5) is 0 Å².